The smallest absolute Gasteiger partial charge is 0.450 e. The van der Waals surface area contributed by atoms with Gasteiger partial charge in [0.15, 0.2) is 0 Å². The molecule has 0 aliphatic rings. The molecule has 0 aromatic heterocycles. The summed E-state index contributed by atoms with van der Waals surface area (Å²) in [6.45, 7) is 1.87. The fourth-order valence-corrected chi connectivity index (χ4v) is 0. The van der Waals surface area contributed by atoms with Gasteiger partial charge in [0.1, 0.15) is 0 Å². The van der Waals surface area contributed by atoms with Crippen LogP contribution in [0.15, 0.2) is 11.6 Å². The van der Waals surface area contributed by atoms with Crippen LogP contribution < -0.4 is 0 Å². The monoisotopic (exact) mass is 138 g/mol. The second-order valence-electron chi connectivity index (χ2n) is 0.742. The molecule has 0 bridgehead atoms. The summed E-state index contributed by atoms with van der Waals surface area (Å²) < 4.78 is 0. The van der Waals surface area contributed by atoms with E-state index in [4.69, 9.17) is 26.6 Å². The van der Waals surface area contributed by atoms with Crippen LogP contribution in [0.5, 0.6) is 0 Å². The van der Waals surface area contributed by atoms with Crippen LogP contribution in [0.3, 0.4) is 0 Å². The van der Waals surface area contributed by atoms with Gasteiger partial charge < -0.3 is 10.2 Å². The number of carboxylic acid groups (broad SMARTS) is 2. The lowest BCUT2D eigenvalue weighted by molar-refractivity contribution is 0.137. The molecular weight excluding hydrogens is 131 g/mol. The quantitative estimate of drug-likeness (QED) is 0.538. The van der Waals surface area contributed by atoms with Gasteiger partial charge in [-0.25, -0.2) is 4.79 Å². The first-order valence-electron chi connectivity index (χ1n) is 1.78. The standard InChI is InChI=1S/C3H5Cl.CH2O3/c1-2-3-4;2-1(3)4/h2-3H,1H3;(H2,2,3,4). The van der Waals surface area contributed by atoms with Crippen molar-refractivity contribution in [2.45, 2.75) is 6.92 Å². The zero-order valence-corrected chi connectivity index (χ0v) is 5.09. The van der Waals surface area contributed by atoms with Gasteiger partial charge in [0, 0.05) is 0 Å². The van der Waals surface area contributed by atoms with Gasteiger partial charge in [0.05, 0.1) is 0 Å². The third kappa shape index (κ3) is 1090. The third-order valence-corrected chi connectivity index (χ3v) is 0.378. The van der Waals surface area contributed by atoms with Gasteiger partial charge in [-0.15, -0.1) is 0 Å². The van der Waals surface area contributed by atoms with Crippen molar-refractivity contribution in [2.75, 3.05) is 0 Å². The van der Waals surface area contributed by atoms with Crippen LogP contribution in [-0.2, 0) is 0 Å². The average molecular weight is 139 g/mol. The molecule has 0 aliphatic carbocycles. The van der Waals surface area contributed by atoms with E-state index >= 15 is 0 Å². The molecule has 0 fully saturated rings. The molecule has 48 valence electrons. The number of hydrogen-bond donors (Lipinski definition) is 2. The Bertz CT molecular complexity index is 71.4. The van der Waals surface area contributed by atoms with Crippen molar-refractivity contribution in [2.24, 2.45) is 0 Å². The summed E-state index contributed by atoms with van der Waals surface area (Å²) >= 11 is 5.01. The first-order chi connectivity index (χ1) is 3.65. The Hall–Kier alpha value is -0.700. The second kappa shape index (κ2) is 9.57. The molecule has 0 saturated heterocycles. The minimum absolute atomic E-state index is 1.47. The Balaban J connectivity index is 0. The van der Waals surface area contributed by atoms with Crippen molar-refractivity contribution in [3.63, 3.8) is 0 Å². The fourth-order valence-electron chi connectivity index (χ4n) is 0. The number of hydrogen-bond acceptors (Lipinski definition) is 1. The summed E-state index contributed by atoms with van der Waals surface area (Å²) in [5.74, 6) is 0. The Labute approximate surface area is 52.2 Å². The summed E-state index contributed by atoms with van der Waals surface area (Å²) in [6, 6.07) is 0. The Morgan fingerprint density at radius 3 is 1.75 bits per heavy atom. The van der Waals surface area contributed by atoms with Crippen LogP contribution in [0, 0.1) is 0 Å². The zero-order valence-electron chi connectivity index (χ0n) is 4.34. The van der Waals surface area contributed by atoms with E-state index in [1.54, 1.807) is 6.08 Å². The molecule has 4 heteroatoms. The summed E-state index contributed by atoms with van der Waals surface area (Å²) in [5.41, 5.74) is 1.47. The summed E-state index contributed by atoms with van der Waals surface area (Å²) in [5, 5.41) is 13.9. The maximum absolute atomic E-state index is 8.56. The van der Waals surface area contributed by atoms with E-state index in [-0.39, 0.29) is 0 Å². The number of allylic oxidation sites excluding steroid dienone is 1. The van der Waals surface area contributed by atoms with Crippen LogP contribution in [0.25, 0.3) is 0 Å². The molecule has 0 amide bonds. The summed E-state index contributed by atoms with van der Waals surface area (Å²) in [6.07, 6.45) is -0.0679. The minimum Gasteiger partial charge on any atom is -0.450 e. The van der Waals surface area contributed by atoms with Crippen LogP contribution in [0.2, 0.25) is 0 Å². The molecule has 0 aliphatic heterocycles. The molecule has 3 nitrogen and oxygen atoms in total. The molecule has 0 rings (SSSR count). The highest BCUT2D eigenvalue weighted by Gasteiger charge is 1.70. The Morgan fingerprint density at radius 1 is 1.62 bits per heavy atom. The predicted octanol–water partition coefficient (Wildman–Crippen LogP) is 1.98. The van der Waals surface area contributed by atoms with Gasteiger partial charge in [0.25, 0.3) is 0 Å². The maximum Gasteiger partial charge on any atom is 0.503 e. The molecule has 0 unspecified atom stereocenters. The van der Waals surface area contributed by atoms with Crippen LogP contribution in [0.4, 0.5) is 4.79 Å². The lowest BCUT2D eigenvalue weighted by Crippen LogP contribution is -1.81. The maximum atomic E-state index is 8.56. The van der Waals surface area contributed by atoms with Gasteiger partial charge in [-0.2, -0.15) is 0 Å². The summed E-state index contributed by atoms with van der Waals surface area (Å²) in [4.78, 5) is 8.56. The second-order valence-corrected chi connectivity index (χ2v) is 0.994. The highest BCUT2D eigenvalue weighted by atomic mass is 35.5. The highest BCUT2D eigenvalue weighted by molar-refractivity contribution is 6.25. The van der Waals surface area contributed by atoms with Crippen molar-refractivity contribution in [3.05, 3.63) is 11.6 Å². The summed E-state index contributed by atoms with van der Waals surface area (Å²) in [7, 11) is 0. The molecule has 0 atom stereocenters. The van der Waals surface area contributed by atoms with Crippen LogP contribution >= 0.6 is 11.6 Å². The molecule has 0 radical (unpaired) electrons. The van der Waals surface area contributed by atoms with E-state index in [1.807, 2.05) is 6.92 Å². The lowest BCUT2D eigenvalue weighted by atomic mass is 10.8. The van der Waals surface area contributed by atoms with Gasteiger partial charge >= 0.3 is 6.16 Å². The molecule has 0 aromatic rings. The Kier molecular flexibility index (Phi) is 12.3. The first kappa shape index (κ1) is 10.3. The number of rotatable bonds is 0. The zero-order chi connectivity index (χ0) is 6.99. The van der Waals surface area contributed by atoms with Crippen molar-refractivity contribution >= 4 is 17.8 Å². The molecular formula is C4H7ClO3. The SMILES string of the molecule is CC=CCl.O=C(O)O. The molecule has 0 spiro atoms. The van der Waals surface area contributed by atoms with Gasteiger partial charge in [-0.3, -0.25) is 0 Å². The Morgan fingerprint density at radius 2 is 1.75 bits per heavy atom. The third-order valence-electron chi connectivity index (χ3n) is 0.126. The van der Waals surface area contributed by atoms with Crippen molar-refractivity contribution in [3.8, 4) is 0 Å². The van der Waals surface area contributed by atoms with E-state index in [2.05, 4.69) is 0 Å². The van der Waals surface area contributed by atoms with Crippen molar-refractivity contribution in [1.29, 1.82) is 0 Å². The van der Waals surface area contributed by atoms with Gasteiger partial charge in [-0.05, 0) is 12.5 Å². The van der Waals surface area contributed by atoms with E-state index in [1.165, 1.54) is 5.54 Å². The number of carbonyl (C=O) groups is 1. The topological polar surface area (TPSA) is 57.5 Å². The first-order valence-corrected chi connectivity index (χ1v) is 2.22. The highest BCUT2D eigenvalue weighted by Crippen LogP contribution is 1.70. The van der Waals surface area contributed by atoms with E-state index in [9.17, 15) is 0 Å². The van der Waals surface area contributed by atoms with Gasteiger partial charge in [0.2, 0.25) is 0 Å². The van der Waals surface area contributed by atoms with Crippen LogP contribution in [0.1, 0.15) is 6.92 Å². The molecule has 2 N–H and O–H groups in total. The normalized spacial score (nSPS) is 7.75. The minimum atomic E-state index is -1.83. The lowest BCUT2D eigenvalue weighted by Gasteiger charge is -1.60. The molecule has 0 heterocycles. The number of halogens is 1. The van der Waals surface area contributed by atoms with E-state index < -0.39 is 6.16 Å². The van der Waals surface area contributed by atoms with E-state index in [0.29, 0.717) is 0 Å². The predicted molar refractivity (Wildman–Crippen MR) is 31.3 cm³/mol. The molecule has 0 aromatic carbocycles. The average Bonchev–Trinajstić information content (AvgIpc) is 1.65. The fraction of sp³-hybridized carbons (Fsp3) is 0.250. The van der Waals surface area contributed by atoms with Crippen molar-refractivity contribution < 1.29 is 15.0 Å². The van der Waals surface area contributed by atoms with Gasteiger partial charge in [-0.1, -0.05) is 17.7 Å². The molecule has 8 heavy (non-hydrogen) atoms. The van der Waals surface area contributed by atoms with Crippen molar-refractivity contribution in [1.82, 2.24) is 0 Å². The largest absolute Gasteiger partial charge is 0.503 e. The molecule has 0 saturated carbocycles. The van der Waals surface area contributed by atoms with E-state index in [0.717, 1.165) is 0 Å². The van der Waals surface area contributed by atoms with Crippen LogP contribution in [-0.4, -0.2) is 16.4 Å².